The summed E-state index contributed by atoms with van der Waals surface area (Å²) in [5, 5.41) is 14.7. The van der Waals surface area contributed by atoms with Gasteiger partial charge in [-0.3, -0.25) is 19.7 Å². The number of nitrogens with zero attached hydrogens (tertiary/aromatic N) is 4. The zero-order valence-corrected chi connectivity index (χ0v) is 21.6. The lowest BCUT2D eigenvalue weighted by Gasteiger charge is -2.35. The highest BCUT2D eigenvalue weighted by Crippen LogP contribution is 2.32. The number of piperazine rings is 1. The third-order valence-corrected chi connectivity index (χ3v) is 9.18. The van der Waals surface area contributed by atoms with Crippen LogP contribution in [0.3, 0.4) is 0 Å². The summed E-state index contributed by atoms with van der Waals surface area (Å²) in [6.07, 6.45) is 0.391. The number of sulfonamides is 1. The van der Waals surface area contributed by atoms with Gasteiger partial charge >= 0.3 is 0 Å². The van der Waals surface area contributed by atoms with Crippen molar-refractivity contribution in [2.75, 3.05) is 63.9 Å². The summed E-state index contributed by atoms with van der Waals surface area (Å²) < 4.78 is 33.1. The number of nitro groups is 1. The van der Waals surface area contributed by atoms with Gasteiger partial charge < -0.3 is 19.9 Å². The van der Waals surface area contributed by atoms with Crippen molar-refractivity contribution in [1.29, 1.82) is 0 Å². The van der Waals surface area contributed by atoms with Crippen molar-refractivity contribution in [1.82, 2.24) is 14.5 Å². The van der Waals surface area contributed by atoms with Crippen LogP contribution >= 0.6 is 0 Å². The van der Waals surface area contributed by atoms with Gasteiger partial charge in [0.1, 0.15) is 5.69 Å². The number of carbonyl (C=O) groups excluding carboxylic acids is 2. The van der Waals surface area contributed by atoms with Gasteiger partial charge in [0.15, 0.2) is 0 Å². The van der Waals surface area contributed by atoms with Gasteiger partial charge in [0.05, 0.1) is 23.0 Å². The number of anilines is 1. The maximum Gasteiger partial charge on any atom is 0.293 e. The summed E-state index contributed by atoms with van der Waals surface area (Å²) in [6, 6.07) is 11.1. The first-order valence-electron chi connectivity index (χ1n) is 12.5. The van der Waals surface area contributed by atoms with Gasteiger partial charge in [0.2, 0.25) is 15.9 Å². The molecule has 0 bridgehead atoms. The van der Waals surface area contributed by atoms with Crippen molar-refractivity contribution in [3.8, 4) is 0 Å². The van der Waals surface area contributed by atoms with E-state index in [9.17, 15) is 28.1 Å². The minimum absolute atomic E-state index is 0.0110. The van der Waals surface area contributed by atoms with E-state index in [1.807, 2.05) is 0 Å². The quantitative estimate of drug-likeness (QED) is 0.423. The van der Waals surface area contributed by atoms with Gasteiger partial charge in [0, 0.05) is 69.8 Å². The van der Waals surface area contributed by atoms with Gasteiger partial charge in [-0.1, -0.05) is 12.1 Å². The van der Waals surface area contributed by atoms with Crippen LogP contribution in [0.2, 0.25) is 0 Å². The van der Waals surface area contributed by atoms with Crippen LogP contribution in [-0.2, 0) is 19.6 Å². The zero-order valence-electron chi connectivity index (χ0n) is 20.7. The molecule has 1 unspecified atom stereocenters. The Labute approximate surface area is 220 Å². The average Bonchev–Trinajstić information content (AvgIpc) is 3.39. The van der Waals surface area contributed by atoms with Crippen LogP contribution in [0.5, 0.6) is 0 Å². The molecule has 5 rings (SSSR count). The number of hydrogen-bond acceptors (Lipinski definition) is 8. The summed E-state index contributed by atoms with van der Waals surface area (Å²) in [5.74, 6) is -0.252. The van der Waals surface area contributed by atoms with E-state index in [1.54, 1.807) is 46.2 Å². The van der Waals surface area contributed by atoms with E-state index in [0.29, 0.717) is 45.0 Å². The largest absolute Gasteiger partial charge is 0.378 e. The van der Waals surface area contributed by atoms with Gasteiger partial charge in [-0.25, -0.2) is 8.42 Å². The Hall–Kier alpha value is -3.55. The Bertz CT molecular complexity index is 1330. The fraction of sp³-hybridized carbons (Fsp3) is 0.440. The molecule has 12 nitrogen and oxygen atoms in total. The molecule has 2 aromatic carbocycles. The predicted octanol–water partition coefficient (Wildman–Crippen LogP) is 1.18. The lowest BCUT2D eigenvalue weighted by atomic mass is 9.99. The summed E-state index contributed by atoms with van der Waals surface area (Å²) in [6.45, 7) is 3.14. The molecule has 3 fully saturated rings. The van der Waals surface area contributed by atoms with Crippen LogP contribution in [0.25, 0.3) is 0 Å². The number of carbonyl (C=O) groups is 2. The summed E-state index contributed by atoms with van der Waals surface area (Å²) in [4.78, 5) is 39.2. The summed E-state index contributed by atoms with van der Waals surface area (Å²) in [5.41, 5.74) is 1.32. The number of rotatable bonds is 6. The molecule has 13 heteroatoms. The predicted molar refractivity (Wildman–Crippen MR) is 138 cm³/mol. The van der Waals surface area contributed by atoms with E-state index in [1.165, 1.54) is 10.4 Å². The maximum atomic E-state index is 13.2. The Morgan fingerprint density at radius 1 is 1.00 bits per heavy atom. The summed E-state index contributed by atoms with van der Waals surface area (Å²) in [7, 11) is -3.75. The van der Waals surface area contributed by atoms with Crippen LogP contribution in [0.1, 0.15) is 28.3 Å². The van der Waals surface area contributed by atoms with Crippen molar-refractivity contribution >= 4 is 33.2 Å². The van der Waals surface area contributed by atoms with Crippen LogP contribution < -0.4 is 10.2 Å². The fourth-order valence-electron chi connectivity index (χ4n) is 5.09. The lowest BCUT2D eigenvalue weighted by molar-refractivity contribution is -0.384. The van der Waals surface area contributed by atoms with Gasteiger partial charge in [-0.05, 0) is 29.8 Å². The van der Waals surface area contributed by atoms with Gasteiger partial charge in [-0.2, -0.15) is 4.31 Å². The second-order valence-electron chi connectivity index (χ2n) is 9.53. The molecule has 0 aliphatic carbocycles. The van der Waals surface area contributed by atoms with Crippen LogP contribution in [0.4, 0.5) is 11.4 Å². The third kappa shape index (κ3) is 5.22. The zero-order chi connectivity index (χ0) is 26.9. The second kappa shape index (κ2) is 10.7. The summed E-state index contributed by atoms with van der Waals surface area (Å²) >= 11 is 0. The van der Waals surface area contributed by atoms with Crippen molar-refractivity contribution < 1.29 is 27.7 Å². The Balaban J connectivity index is 1.27. The number of ether oxygens (including phenoxy) is 1. The number of benzene rings is 2. The molecule has 38 heavy (non-hydrogen) atoms. The Morgan fingerprint density at radius 3 is 2.29 bits per heavy atom. The monoisotopic (exact) mass is 543 g/mol. The molecule has 3 saturated heterocycles. The average molecular weight is 544 g/mol. The van der Waals surface area contributed by atoms with Gasteiger partial charge in [-0.15, -0.1) is 0 Å². The number of nitro benzene ring substituents is 1. The Kier molecular flexibility index (Phi) is 7.32. The van der Waals surface area contributed by atoms with Crippen LogP contribution in [0.15, 0.2) is 47.4 Å². The lowest BCUT2D eigenvalue weighted by Crippen LogP contribution is -2.48. The van der Waals surface area contributed by atoms with Crippen molar-refractivity contribution in [2.45, 2.75) is 17.2 Å². The van der Waals surface area contributed by atoms with Crippen LogP contribution in [0, 0.1) is 10.1 Å². The molecule has 202 valence electrons. The first-order valence-corrected chi connectivity index (χ1v) is 14.0. The Morgan fingerprint density at radius 2 is 1.68 bits per heavy atom. The molecule has 0 radical (unpaired) electrons. The van der Waals surface area contributed by atoms with Crippen molar-refractivity contribution in [2.24, 2.45) is 0 Å². The number of nitrogens with one attached hydrogen (secondary N) is 1. The molecule has 0 saturated carbocycles. The highest BCUT2D eigenvalue weighted by molar-refractivity contribution is 7.89. The fourth-order valence-corrected chi connectivity index (χ4v) is 6.51. The highest BCUT2D eigenvalue weighted by atomic mass is 32.2. The molecule has 0 aromatic heterocycles. The van der Waals surface area contributed by atoms with Crippen molar-refractivity contribution in [3.05, 3.63) is 63.7 Å². The maximum absolute atomic E-state index is 13.2. The smallest absolute Gasteiger partial charge is 0.293 e. The number of hydrogen-bond donors (Lipinski definition) is 1. The van der Waals surface area contributed by atoms with E-state index in [-0.39, 0.29) is 60.1 Å². The van der Waals surface area contributed by atoms with Crippen LogP contribution in [-0.4, -0.2) is 93.4 Å². The first kappa shape index (κ1) is 26.1. The van der Waals surface area contributed by atoms with E-state index in [0.717, 1.165) is 5.56 Å². The van der Waals surface area contributed by atoms with Gasteiger partial charge in [0.25, 0.3) is 11.6 Å². The molecule has 1 atom stereocenters. The molecule has 0 spiro atoms. The molecule has 1 N–H and O–H groups in total. The second-order valence-corrected chi connectivity index (χ2v) is 11.5. The van der Waals surface area contributed by atoms with E-state index < -0.39 is 14.9 Å². The number of morpholine rings is 1. The highest BCUT2D eigenvalue weighted by Gasteiger charge is 2.32. The van der Waals surface area contributed by atoms with E-state index in [4.69, 9.17) is 4.74 Å². The normalized spacial score (nSPS) is 20.8. The molecular formula is C25H29N5O7S. The molecular weight excluding hydrogens is 514 g/mol. The first-order chi connectivity index (χ1) is 18.2. The molecule has 2 amide bonds. The molecule has 3 aliphatic heterocycles. The topological polar surface area (TPSA) is 142 Å². The van der Waals surface area contributed by atoms with E-state index >= 15 is 0 Å². The molecule has 3 heterocycles. The van der Waals surface area contributed by atoms with Crippen molar-refractivity contribution in [3.63, 3.8) is 0 Å². The molecule has 3 aliphatic rings. The standard InChI is InChI=1S/C25H29N5O7S/c31-24-16-20(17-26-24)18-1-4-21(5-2-18)38(35,36)29-9-7-27(8-10-29)22-6-3-19(15-23(22)30(33)34)25(32)28-11-13-37-14-12-28/h1-6,15,20H,7-14,16-17H2,(H,26,31). The minimum Gasteiger partial charge on any atom is -0.378 e. The molecule has 2 aromatic rings. The minimum atomic E-state index is -3.75. The number of amides is 2. The SMILES string of the molecule is O=C1CC(c2ccc(S(=O)(=O)N3CCN(c4ccc(C(=O)N5CCOCC5)cc4[N+](=O)[O-])CC3)cc2)CN1. The van der Waals surface area contributed by atoms with E-state index in [2.05, 4.69) is 5.32 Å². The third-order valence-electron chi connectivity index (χ3n) is 7.26.